The molecule has 0 saturated carbocycles. The largest absolute Gasteiger partial charge is 0.372 e. The van der Waals surface area contributed by atoms with Crippen molar-refractivity contribution in [2.24, 2.45) is 5.92 Å². The van der Waals surface area contributed by atoms with Crippen molar-refractivity contribution in [2.45, 2.75) is 51.9 Å². The van der Waals surface area contributed by atoms with Gasteiger partial charge in [-0.05, 0) is 73.8 Å². The average Bonchev–Trinajstić information content (AvgIpc) is 2.91. The number of piperazine rings is 1. The molecule has 0 radical (unpaired) electrons. The van der Waals surface area contributed by atoms with E-state index in [2.05, 4.69) is 65.2 Å². The summed E-state index contributed by atoms with van der Waals surface area (Å²) in [6, 6.07) is 12.6. The fourth-order valence-corrected chi connectivity index (χ4v) is 6.00. The van der Waals surface area contributed by atoms with Crippen LogP contribution < -0.4 is 0 Å². The molecule has 3 aromatic rings. The number of benzene rings is 1. The Balaban J connectivity index is 1.30. The number of allylic oxidation sites excluding steroid dienone is 1. The Labute approximate surface area is 220 Å². The quantitative estimate of drug-likeness (QED) is 0.336. The summed E-state index contributed by atoms with van der Waals surface area (Å²) in [7, 11) is 0. The van der Waals surface area contributed by atoms with Gasteiger partial charge in [0.2, 0.25) is 0 Å². The van der Waals surface area contributed by atoms with E-state index in [1.807, 2.05) is 12.3 Å². The maximum atomic E-state index is 6.93. The van der Waals surface area contributed by atoms with Gasteiger partial charge in [-0.25, -0.2) is 0 Å². The van der Waals surface area contributed by atoms with Crippen LogP contribution in [0, 0.1) is 5.92 Å². The smallest absolute Gasteiger partial charge is 0.0727 e. The second-order valence-electron chi connectivity index (χ2n) is 10.3. The van der Waals surface area contributed by atoms with E-state index in [0.717, 1.165) is 96.9 Å². The van der Waals surface area contributed by atoms with Crippen LogP contribution in [0.25, 0.3) is 16.6 Å². The maximum Gasteiger partial charge on any atom is 0.0727 e. The van der Waals surface area contributed by atoms with Crippen molar-refractivity contribution in [1.29, 1.82) is 0 Å². The molecule has 1 aromatic carbocycles. The maximum absolute atomic E-state index is 6.93. The fraction of sp³-hybridized carbons (Fsp3) is 0.419. The van der Waals surface area contributed by atoms with Gasteiger partial charge in [-0.15, -0.1) is 0 Å². The normalized spacial score (nSPS) is 17.8. The second kappa shape index (κ2) is 11.0. The minimum Gasteiger partial charge on any atom is -0.372 e. The van der Waals surface area contributed by atoms with Crippen molar-refractivity contribution in [2.75, 3.05) is 26.2 Å². The van der Waals surface area contributed by atoms with Crippen LogP contribution >= 0.6 is 11.6 Å². The zero-order valence-corrected chi connectivity index (χ0v) is 22.2. The predicted octanol–water partition coefficient (Wildman–Crippen LogP) is 6.92. The van der Waals surface area contributed by atoms with Crippen LogP contribution in [0.15, 0.2) is 61.4 Å². The minimum atomic E-state index is 0.551. The molecular formula is C31H37ClN4. The van der Waals surface area contributed by atoms with Gasteiger partial charge in [0.15, 0.2) is 0 Å². The van der Waals surface area contributed by atoms with Crippen LogP contribution in [0.4, 0.5) is 0 Å². The van der Waals surface area contributed by atoms with Gasteiger partial charge in [0.25, 0.3) is 0 Å². The number of nitrogens with zero attached hydrogens (tertiary/aromatic N) is 4. The topological polar surface area (TPSA) is 32.3 Å². The first-order valence-corrected chi connectivity index (χ1v) is 13.8. The van der Waals surface area contributed by atoms with Gasteiger partial charge in [0.05, 0.1) is 10.5 Å². The lowest BCUT2D eigenvalue weighted by Gasteiger charge is -2.39. The molecule has 0 bridgehead atoms. The first-order valence-electron chi connectivity index (χ1n) is 13.4. The van der Waals surface area contributed by atoms with E-state index in [1.54, 1.807) is 0 Å². The van der Waals surface area contributed by atoms with E-state index < -0.39 is 0 Å². The number of aromatic nitrogens is 2. The highest BCUT2D eigenvalue weighted by Crippen LogP contribution is 2.36. The van der Waals surface area contributed by atoms with Gasteiger partial charge >= 0.3 is 0 Å². The van der Waals surface area contributed by atoms with E-state index in [9.17, 15) is 0 Å². The van der Waals surface area contributed by atoms with Crippen LogP contribution in [0.5, 0.6) is 0 Å². The van der Waals surface area contributed by atoms with Gasteiger partial charge in [0.1, 0.15) is 0 Å². The monoisotopic (exact) mass is 500 g/mol. The summed E-state index contributed by atoms with van der Waals surface area (Å²) >= 11 is 6.93. The van der Waals surface area contributed by atoms with Crippen molar-refractivity contribution in [3.8, 4) is 0 Å². The SMILES string of the molecule is C=C(CCCC)N1CCN(C(=C)c2ccc3c(Cl)c4c(nc3c2)CC(Cc2ccccn2)CC4)CC1. The third kappa shape index (κ3) is 5.29. The number of unbranched alkanes of at least 4 members (excludes halogenated alkanes) is 1. The highest BCUT2D eigenvalue weighted by Gasteiger charge is 2.25. The van der Waals surface area contributed by atoms with Crippen LogP contribution in [-0.4, -0.2) is 45.9 Å². The molecule has 188 valence electrons. The fourth-order valence-electron chi connectivity index (χ4n) is 5.64. The summed E-state index contributed by atoms with van der Waals surface area (Å²) in [5.74, 6) is 0.551. The van der Waals surface area contributed by atoms with Crippen LogP contribution in [0.3, 0.4) is 0 Å². The predicted molar refractivity (Wildman–Crippen MR) is 151 cm³/mol. The molecule has 5 heteroatoms. The molecule has 2 aromatic heterocycles. The Morgan fingerprint density at radius 1 is 1.08 bits per heavy atom. The van der Waals surface area contributed by atoms with Crippen molar-refractivity contribution < 1.29 is 0 Å². The summed E-state index contributed by atoms with van der Waals surface area (Å²) in [5.41, 5.74) is 7.99. The lowest BCUT2D eigenvalue weighted by Crippen LogP contribution is -2.44. The first-order chi connectivity index (χ1) is 17.5. The molecule has 0 N–H and O–H groups in total. The molecular weight excluding hydrogens is 464 g/mol. The van der Waals surface area contributed by atoms with Crippen molar-refractivity contribution in [3.05, 3.63) is 89.0 Å². The highest BCUT2D eigenvalue weighted by atomic mass is 35.5. The number of hydrogen-bond donors (Lipinski definition) is 0. The number of hydrogen-bond acceptors (Lipinski definition) is 4. The van der Waals surface area contributed by atoms with E-state index in [4.69, 9.17) is 16.6 Å². The Kier molecular flexibility index (Phi) is 7.62. The van der Waals surface area contributed by atoms with E-state index in [0.29, 0.717) is 5.92 Å². The molecule has 1 fully saturated rings. The molecule has 1 saturated heterocycles. The third-order valence-corrected chi connectivity index (χ3v) is 8.30. The average molecular weight is 501 g/mol. The molecule has 1 atom stereocenters. The van der Waals surface area contributed by atoms with Gasteiger partial charge in [0, 0.05) is 60.5 Å². The van der Waals surface area contributed by atoms with E-state index >= 15 is 0 Å². The number of halogens is 1. The molecule has 4 nitrogen and oxygen atoms in total. The molecule has 0 spiro atoms. The van der Waals surface area contributed by atoms with E-state index in [-0.39, 0.29) is 0 Å². The van der Waals surface area contributed by atoms with Gasteiger partial charge in [-0.3, -0.25) is 9.97 Å². The Bertz CT molecular complexity index is 1240. The molecule has 36 heavy (non-hydrogen) atoms. The molecule has 0 amide bonds. The van der Waals surface area contributed by atoms with Crippen LogP contribution in [0.1, 0.15) is 55.1 Å². The van der Waals surface area contributed by atoms with Gasteiger partial charge < -0.3 is 9.80 Å². The highest BCUT2D eigenvalue weighted by molar-refractivity contribution is 6.36. The van der Waals surface area contributed by atoms with Crippen molar-refractivity contribution >= 4 is 28.2 Å². The Morgan fingerprint density at radius 3 is 2.64 bits per heavy atom. The second-order valence-corrected chi connectivity index (χ2v) is 10.7. The summed E-state index contributed by atoms with van der Waals surface area (Å²) in [6.45, 7) is 14.9. The molecule has 3 heterocycles. The summed E-state index contributed by atoms with van der Waals surface area (Å²) in [5, 5.41) is 1.93. The van der Waals surface area contributed by atoms with E-state index in [1.165, 1.54) is 24.1 Å². The Hall–Kier alpha value is -2.85. The number of fused-ring (bicyclic) bond motifs is 2. The first kappa shape index (κ1) is 24.8. The summed E-state index contributed by atoms with van der Waals surface area (Å²) < 4.78 is 0. The van der Waals surface area contributed by atoms with Crippen molar-refractivity contribution in [1.82, 2.24) is 19.8 Å². The third-order valence-electron chi connectivity index (χ3n) is 7.87. The lowest BCUT2D eigenvalue weighted by molar-refractivity contribution is 0.209. The molecule has 2 aliphatic rings. The van der Waals surface area contributed by atoms with Gasteiger partial charge in [-0.2, -0.15) is 0 Å². The van der Waals surface area contributed by atoms with Crippen LogP contribution in [-0.2, 0) is 19.3 Å². The molecule has 5 rings (SSSR count). The molecule has 1 aliphatic heterocycles. The molecule has 1 aliphatic carbocycles. The minimum absolute atomic E-state index is 0.551. The zero-order chi connectivity index (χ0) is 25.1. The number of rotatable bonds is 8. The lowest BCUT2D eigenvalue weighted by atomic mass is 9.83. The zero-order valence-electron chi connectivity index (χ0n) is 21.5. The Morgan fingerprint density at radius 2 is 1.89 bits per heavy atom. The summed E-state index contributed by atoms with van der Waals surface area (Å²) in [6.07, 6.45) is 9.46. The summed E-state index contributed by atoms with van der Waals surface area (Å²) in [4.78, 5) is 14.5. The van der Waals surface area contributed by atoms with Crippen molar-refractivity contribution in [3.63, 3.8) is 0 Å². The molecule has 1 unspecified atom stereocenters. The van der Waals surface area contributed by atoms with Crippen LogP contribution in [0.2, 0.25) is 5.02 Å². The number of pyridine rings is 2. The standard InChI is InChI=1S/C31H37ClN4/c1-4-5-8-22(2)35-15-17-36(18-16-35)23(3)25-11-13-28-30(21-25)34-29-20-24(10-12-27(29)31(28)32)19-26-9-6-7-14-33-26/h6-7,9,11,13-14,21,24H,2-5,8,10,12,15-20H2,1H3. The van der Waals surface area contributed by atoms with Gasteiger partial charge in [-0.1, -0.05) is 56.3 Å².